The summed E-state index contributed by atoms with van der Waals surface area (Å²) >= 11 is 0. The Bertz CT molecular complexity index is 1020. The molecule has 1 aliphatic carbocycles. The molecule has 0 saturated heterocycles. The fourth-order valence-corrected chi connectivity index (χ4v) is 3.59. The van der Waals surface area contributed by atoms with Crippen LogP contribution in [0.25, 0.3) is 11.1 Å². The quantitative estimate of drug-likeness (QED) is 0.655. The third kappa shape index (κ3) is 3.66. The van der Waals surface area contributed by atoms with Crippen molar-refractivity contribution < 1.29 is 19.4 Å². The van der Waals surface area contributed by atoms with Crippen LogP contribution < -0.4 is 5.32 Å². The number of aryl methyl sites for hydroxylation is 1. The van der Waals surface area contributed by atoms with E-state index in [0.717, 1.165) is 22.3 Å². The number of alkyl carbamates (subject to hydrolysis) is 1. The van der Waals surface area contributed by atoms with E-state index < -0.39 is 18.1 Å². The molecule has 29 heavy (non-hydrogen) atoms. The number of amides is 1. The molecule has 1 aliphatic rings. The van der Waals surface area contributed by atoms with Crippen LogP contribution in [0.5, 0.6) is 0 Å². The van der Waals surface area contributed by atoms with E-state index in [-0.39, 0.29) is 18.9 Å². The fraction of sp³-hybridized carbons (Fsp3) is 0.250. The first kappa shape index (κ1) is 18.6. The van der Waals surface area contributed by atoms with Crippen LogP contribution in [0, 0.1) is 0 Å². The lowest BCUT2D eigenvalue weighted by Crippen LogP contribution is -2.43. The standard InChI is InChI=1S/C20H19N5O4/c1-25-18(22-23-24-25)10-17(19(26)27)21-20(28)29-11-16-14-8-4-2-6-12(14)13-7-3-5-9-15(13)16/h2-9,16-17H,10-11H2,1H3,(H,21,28)(H,26,27). The van der Waals surface area contributed by atoms with Crippen molar-refractivity contribution in [3.8, 4) is 11.1 Å². The smallest absolute Gasteiger partial charge is 0.407 e. The van der Waals surface area contributed by atoms with Crippen LogP contribution in [-0.2, 0) is 23.0 Å². The molecule has 1 aromatic heterocycles. The molecule has 9 nitrogen and oxygen atoms in total. The van der Waals surface area contributed by atoms with Crippen LogP contribution in [-0.4, -0.2) is 50.0 Å². The van der Waals surface area contributed by atoms with Crippen molar-refractivity contribution in [3.63, 3.8) is 0 Å². The number of carboxylic acid groups (broad SMARTS) is 1. The number of aliphatic carboxylic acids is 1. The number of aromatic nitrogens is 4. The Hall–Kier alpha value is -3.75. The Morgan fingerprint density at radius 3 is 2.31 bits per heavy atom. The van der Waals surface area contributed by atoms with Crippen molar-refractivity contribution in [3.05, 3.63) is 65.5 Å². The van der Waals surface area contributed by atoms with Gasteiger partial charge in [-0.2, -0.15) is 0 Å². The van der Waals surface area contributed by atoms with Gasteiger partial charge in [0, 0.05) is 19.4 Å². The van der Waals surface area contributed by atoms with E-state index in [4.69, 9.17) is 4.74 Å². The molecule has 4 rings (SSSR count). The third-order valence-electron chi connectivity index (χ3n) is 5.03. The second kappa shape index (κ2) is 7.70. The monoisotopic (exact) mass is 393 g/mol. The molecule has 0 bridgehead atoms. The minimum Gasteiger partial charge on any atom is -0.480 e. The van der Waals surface area contributed by atoms with Gasteiger partial charge in [-0.1, -0.05) is 48.5 Å². The number of carbonyl (C=O) groups is 2. The molecule has 1 atom stereocenters. The number of tetrazole rings is 1. The Morgan fingerprint density at radius 1 is 1.14 bits per heavy atom. The molecule has 0 spiro atoms. The van der Waals surface area contributed by atoms with Gasteiger partial charge < -0.3 is 15.2 Å². The molecule has 1 amide bonds. The maximum atomic E-state index is 12.3. The zero-order valence-corrected chi connectivity index (χ0v) is 15.6. The highest BCUT2D eigenvalue weighted by atomic mass is 16.5. The highest BCUT2D eigenvalue weighted by molar-refractivity contribution is 5.81. The van der Waals surface area contributed by atoms with E-state index in [9.17, 15) is 14.7 Å². The van der Waals surface area contributed by atoms with Crippen molar-refractivity contribution in [1.82, 2.24) is 25.5 Å². The highest BCUT2D eigenvalue weighted by Crippen LogP contribution is 2.44. The van der Waals surface area contributed by atoms with Gasteiger partial charge in [0.1, 0.15) is 12.6 Å². The molecule has 2 aromatic carbocycles. The maximum absolute atomic E-state index is 12.3. The minimum absolute atomic E-state index is 0.0526. The first-order valence-electron chi connectivity index (χ1n) is 9.10. The van der Waals surface area contributed by atoms with Gasteiger partial charge in [0.2, 0.25) is 0 Å². The van der Waals surface area contributed by atoms with Crippen molar-refractivity contribution >= 4 is 12.1 Å². The summed E-state index contributed by atoms with van der Waals surface area (Å²) in [5.41, 5.74) is 4.41. The lowest BCUT2D eigenvalue weighted by Gasteiger charge is -2.17. The summed E-state index contributed by atoms with van der Waals surface area (Å²) in [5.74, 6) is -0.947. The molecular weight excluding hydrogens is 374 g/mol. The molecule has 2 N–H and O–H groups in total. The zero-order valence-electron chi connectivity index (χ0n) is 15.6. The average Bonchev–Trinajstić information content (AvgIpc) is 3.27. The number of ether oxygens (including phenoxy) is 1. The van der Waals surface area contributed by atoms with Gasteiger partial charge in [-0.15, -0.1) is 5.10 Å². The molecule has 0 saturated carbocycles. The minimum atomic E-state index is -1.20. The number of rotatable bonds is 6. The normalized spacial score (nSPS) is 13.4. The summed E-state index contributed by atoms with van der Waals surface area (Å²) in [6, 6.07) is 14.8. The highest BCUT2D eigenvalue weighted by Gasteiger charge is 2.30. The van der Waals surface area contributed by atoms with Gasteiger partial charge >= 0.3 is 12.1 Å². The van der Waals surface area contributed by atoms with Crippen LogP contribution in [0.15, 0.2) is 48.5 Å². The molecular formula is C20H19N5O4. The van der Waals surface area contributed by atoms with Crippen molar-refractivity contribution in [1.29, 1.82) is 0 Å². The number of nitrogens with one attached hydrogen (secondary N) is 1. The van der Waals surface area contributed by atoms with Crippen LogP contribution in [0.1, 0.15) is 22.9 Å². The Balaban J connectivity index is 1.44. The summed E-state index contributed by atoms with van der Waals surface area (Å²) in [6.45, 7) is 0.109. The van der Waals surface area contributed by atoms with Crippen molar-refractivity contribution in [2.45, 2.75) is 18.4 Å². The van der Waals surface area contributed by atoms with Gasteiger partial charge in [-0.25, -0.2) is 14.3 Å². The van der Waals surface area contributed by atoms with Gasteiger partial charge in [0.25, 0.3) is 0 Å². The van der Waals surface area contributed by atoms with Gasteiger partial charge in [-0.3, -0.25) is 0 Å². The van der Waals surface area contributed by atoms with E-state index in [2.05, 4.69) is 20.8 Å². The van der Waals surface area contributed by atoms with Crippen LogP contribution in [0.4, 0.5) is 4.79 Å². The Labute approximate surface area is 166 Å². The molecule has 3 aromatic rings. The van der Waals surface area contributed by atoms with E-state index in [1.54, 1.807) is 7.05 Å². The molecule has 0 fully saturated rings. The summed E-state index contributed by atoms with van der Waals surface area (Å²) < 4.78 is 6.75. The van der Waals surface area contributed by atoms with Gasteiger partial charge in [-0.05, 0) is 32.7 Å². The van der Waals surface area contributed by atoms with Crippen LogP contribution in [0.3, 0.4) is 0 Å². The van der Waals surface area contributed by atoms with E-state index in [0.29, 0.717) is 5.82 Å². The van der Waals surface area contributed by atoms with E-state index in [1.165, 1.54) is 4.68 Å². The lowest BCUT2D eigenvalue weighted by molar-refractivity contribution is -0.139. The fourth-order valence-electron chi connectivity index (χ4n) is 3.59. The second-order valence-electron chi connectivity index (χ2n) is 6.78. The molecule has 0 aliphatic heterocycles. The van der Waals surface area contributed by atoms with Gasteiger partial charge in [0.05, 0.1) is 0 Å². The maximum Gasteiger partial charge on any atom is 0.407 e. The van der Waals surface area contributed by atoms with E-state index >= 15 is 0 Å². The third-order valence-corrected chi connectivity index (χ3v) is 5.03. The predicted octanol–water partition coefficient (Wildman–Crippen LogP) is 1.74. The summed E-state index contributed by atoms with van der Waals surface area (Å²) in [6.07, 6.45) is -0.849. The Kier molecular flexibility index (Phi) is 4.94. The first-order chi connectivity index (χ1) is 14.0. The molecule has 1 heterocycles. The number of carbonyl (C=O) groups excluding carboxylic acids is 1. The SMILES string of the molecule is Cn1nnnc1CC(NC(=O)OCC1c2ccccc2-c2ccccc21)C(=O)O. The second-order valence-corrected chi connectivity index (χ2v) is 6.78. The number of nitrogens with zero attached hydrogens (tertiary/aromatic N) is 4. The van der Waals surface area contributed by atoms with Crippen LogP contribution >= 0.6 is 0 Å². The average molecular weight is 393 g/mol. The molecule has 0 radical (unpaired) electrons. The number of benzene rings is 2. The summed E-state index contributed by atoms with van der Waals surface area (Å²) in [5, 5.41) is 22.7. The van der Waals surface area contributed by atoms with Crippen LogP contribution in [0.2, 0.25) is 0 Å². The number of carboxylic acids is 1. The Morgan fingerprint density at radius 2 is 1.76 bits per heavy atom. The molecule has 9 heteroatoms. The number of hydrogen-bond donors (Lipinski definition) is 2. The van der Waals surface area contributed by atoms with E-state index in [1.807, 2.05) is 48.5 Å². The molecule has 148 valence electrons. The number of fused-ring (bicyclic) bond motifs is 3. The van der Waals surface area contributed by atoms with Crippen molar-refractivity contribution in [2.75, 3.05) is 6.61 Å². The largest absolute Gasteiger partial charge is 0.480 e. The summed E-state index contributed by atoms with van der Waals surface area (Å²) in [7, 11) is 1.60. The zero-order chi connectivity index (χ0) is 20.4. The summed E-state index contributed by atoms with van der Waals surface area (Å²) in [4.78, 5) is 23.8. The predicted molar refractivity (Wildman–Crippen MR) is 102 cm³/mol. The number of hydrogen-bond acceptors (Lipinski definition) is 6. The topological polar surface area (TPSA) is 119 Å². The van der Waals surface area contributed by atoms with Crippen molar-refractivity contribution in [2.24, 2.45) is 7.05 Å². The lowest BCUT2D eigenvalue weighted by atomic mass is 9.98. The van der Waals surface area contributed by atoms with Gasteiger partial charge in [0.15, 0.2) is 5.82 Å². The first-order valence-corrected chi connectivity index (χ1v) is 9.10. The molecule has 1 unspecified atom stereocenters.